The molecule has 5 nitrogen and oxygen atoms in total. The summed E-state index contributed by atoms with van der Waals surface area (Å²) in [4.78, 5) is 15.2. The molecule has 1 aromatic heterocycles. The van der Waals surface area contributed by atoms with Crippen LogP contribution in [0.25, 0.3) is 0 Å². The van der Waals surface area contributed by atoms with Gasteiger partial charge in [-0.1, -0.05) is 18.2 Å². The molecule has 0 atom stereocenters. The first-order chi connectivity index (χ1) is 11.6. The molecule has 0 spiro atoms. The van der Waals surface area contributed by atoms with Crippen molar-refractivity contribution in [2.75, 3.05) is 24.5 Å². The van der Waals surface area contributed by atoms with Crippen molar-refractivity contribution in [1.82, 2.24) is 4.31 Å². The molecular formula is C17H18N2O3S2. The lowest BCUT2D eigenvalue weighted by atomic mass is 10.2. The highest BCUT2D eigenvalue weighted by molar-refractivity contribution is 7.89. The van der Waals surface area contributed by atoms with Crippen LogP contribution in [0.1, 0.15) is 28.1 Å². The summed E-state index contributed by atoms with van der Waals surface area (Å²) in [6.07, 6.45) is 2.57. The number of hydrogen-bond donors (Lipinski definition) is 0. The number of sulfonamides is 1. The molecule has 1 saturated heterocycles. The van der Waals surface area contributed by atoms with E-state index in [1.165, 1.54) is 15.6 Å². The molecular weight excluding hydrogens is 344 g/mol. The number of fused-ring (bicyclic) bond motifs is 1. The molecule has 2 aliphatic rings. The van der Waals surface area contributed by atoms with E-state index in [9.17, 15) is 13.2 Å². The molecule has 24 heavy (non-hydrogen) atoms. The number of para-hydroxylation sites is 1. The minimum absolute atomic E-state index is 0.156. The summed E-state index contributed by atoms with van der Waals surface area (Å²) < 4.78 is 27.2. The summed E-state index contributed by atoms with van der Waals surface area (Å²) in [5.41, 5.74) is 2.02. The molecule has 0 N–H and O–H groups in total. The summed E-state index contributed by atoms with van der Waals surface area (Å²) in [6, 6.07) is 9.36. The molecule has 1 aromatic carbocycles. The van der Waals surface area contributed by atoms with Crippen LogP contribution in [0.15, 0.2) is 40.6 Å². The third-order valence-corrected chi connectivity index (χ3v) is 7.61. The predicted octanol–water partition coefficient (Wildman–Crippen LogP) is 2.74. The minimum atomic E-state index is -3.58. The largest absolute Gasteiger partial charge is 0.307 e. The Hall–Kier alpha value is -1.70. The van der Waals surface area contributed by atoms with E-state index >= 15 is 0 Å². The molecule has 4 rings (SSSR count). The molecule has 0 radical (unpaired) electrons. The van der Waals surface area contributed by atoms with Gasteiger partial charge in [0.1, 0.15) is 9.77 Å². The van der Waals surface area contributed by atoms with Gasteiger partial charge in [-0.2, -0.15) is 4.31 Å². The molecule has 126 valence electrons. The fraction of sp³-hybridized carbons (Fsp3) is 0.353. The first kappa shape index (κ1) is 15.8. The Morgan fingerprint density at radius 3 is 2.58 bits per heavy atom. The highest BCUT2D eigenvalue weighted by Crippen LogP contribution is 2.33. The zero-order chi connectivity index (χ0) is 16.7. The van der Waals surface area contributed by atoms with Gasteiger partial charge in [0.2, 0.25) is 10.0 Å². The van der Waals surface area contributed by atoms with Crippen LogP contribution >= 0.6 is 11.3 Å². The Labute approximate surface area is 145 Å². The van der Waals surface area contributed by atoms with Gasteiger partial charge in [-0.3, -0.25) is 4.79 Å². The maximum atomic E-state index is 13.0. The molecule has 7 heteroatoms. The van der Waals surface area contributed by atoms with Gasteiger partial charge in [-0.15, -0.1) is 11.3 Å². The van der Waals surface area contributed by atoms with Crippen molar-refractivity contribution in [1.29, 1.82) is 0 Å². The summed E-state index contributed by atoms with van der Waals surface area (Å²) in [5.74, 6) is -0.215. The lowest BCUT2D eigenvalue weighted by Gasteiger charge is -2.19. The van der Waals surface area contributed by atoms with E-state index in [0.717, 1.165) is 30.5 Å². The second-order valence-corrected chi connectivity index (χ2v) is 8.88. The van der Waals surface area contributed by atoms with Crippen molar-refractivity contribution in [2.45, 2.75) is 24.2 Å². The fourth-order valence-corrected chi connectivity index (χ4v) is 6.26. The quantitative estimate of drug-likeness (QED) is 0.844. The van der Waals surface area contributed by atoms with Crippen molar-refractivity contribution >= 4 is 33.0 Å². The van der Waals surface area contributed by atoms with Crippen molar-refractivity contribution in [3.63, 3.8) is 0 Å². The number of thiophene rings is 1. The number of nitrogens with zero attached hydrogens (tertiary/aromatic N) is 2. The smallest absolute Gasteiger partial charge is 0.269 e. The number of rotatable bonds is 3. The zero-order valence-electron chi connectivity index (χ0n) is 13.1. The van der Waals surface area contributed by atoms with E-state index in [0.29, 0.717) is 24.5 Å². The molecule has 2 aromatic rings. The zero-order valence-corrected chi connectivity index (χ0v) is 14.8. The molecule has 1 amide bonds. The van der Waals surface area contributed by atoms with Crippen molar-refractivity contribution < 1.29 is 13.2 Å². The van der Waals surface area contributed by atoms with Crippen LogP contribution in [-0.2, 0) is 16.4 Å². The third-order valence-electron chi connectivity index (χ3n) is 4.64. The fourth-order valence-electron chi connectivity index (χ4n) is 3.40. The van der Waals surface area contributed by atoms with Gasteiger partial charge in [0.05, 0.1) is 0 Å². The molecule has 2 aliphatic heterocycles. The van der Waals surface area contributed by atoms with Crippen molar-refractivity contribution in [3.8, 4) is 0 Å². The van der Waals surface area contributed by atoms with Crippen LogP contribution in [0, 0.1) is 0 Å². The molecule has 0 aliphatic carbocycles. The van der Waals surface area contributed by atoms with Gasteiger partial charge in [0.25, 0.3) is 5.91 Å². The van der Waals surface area contributed by atoms with Crippen LogP contribution in [0.3, 0.4) is 0 Å². The lowest BCUT2D eigenvalue weighted by molar-refractivity contribution is 0.0990. The summed E-state index contributed by atoms with van der Waals surface area (Å²) in [6.45, 7) is 1.68. The van der Waals surface area contributed by atoms with Crippen LogP contribution in [-0.4, -0.2) is 38.3 Å². The van der Waals surface area contributed by atoms with Gasteiger partial charge in [-0.05, 0) is 42.3 Å². The van der Waals surface area contributed by atoms with Crippen molar-refractivity contribution in [2.24, 2.45) is 0 Å². The van der Waals surface area contributed by atoms with E-state index in [4.69, 9.17) is 0 Å². The van der Waals surface area contributed by atoms with Crippen LogP contribution in [0.2, 0.25) is 0 Å². The van der Waals surface area contributed by atoms with Gasteiger partial charge >= 0.3 is 0 Å². The number of hydrogen-bond acceptors (Lipinski definition) is 4. The summed E-state index contributed by atoms with van der Waals surface area (Å²) >= 11 is 1.21. The Morgan fingerprint density at radius 2 is 1.79 bits per heavy atom. The van der Waals surface area contributed by atoms with Crippen LogP contribution in [0.4, 0.5) is 5.69 Å². The summed E-state index contributed by atoms with van der Waals surface area (Å²) in [5, 5.41) is 1.69. The average molecular weight is 362 g/mol. The number of carbonyl (C=O) groups excluding carboxylic acids is 1. The van der Waals surface area contributed by atoms with Crippen LogP contribution in [0.5, 0.6) is 0 Å². The van der Waals surface area contributed by atoms with Gasteiger partial charge in [0, 0.05) is 25.3 Å². The monoisotopic (exact) mass is 362 g/mol. The van der Waals surface area contributed by atoms with E-state index in [1.54, 1.807) is 16.3 Å². The maximum Gasteiger partial charge on any atom is 0.269 e. The second kappa shape index (κ2) is 5.98. The SMILES string of the molecule is O=C(c1sccc1S(=O)(=O)N1CCCC1)N1CCc2ccccc21. The molecule has 0 saturated carbocycles. The first-order valence-corrected chi connectivity index (χ1v) is 10.4. The molecule has 1 fully saturated rings. The Kier molecular flexibility index (Phi) is 3.94. The standard InChI is InChI=1S/C17H18N2O3S2/c20-17(19-11-7-13-5-1-2-6-14(13)19)16-15(8-12-23-16)24(21,22)18-9-3-4-10-18/h1-2,5-6,8,12H,3-4,7,9-11H2. The normalized spacial score (nSPS) is 18.1. The van der Waals surface area contributed by atoms with E-state index < -0.39 is 10.0 Å². The Morgan fingerprint density at radius 1 is 1.04 bits per heavy atom. The lowest BCUT2D eigenvalue weighted by Crippen LogP contribution is -2.32. The van der Waals surface area contributed by atoms with Crippen LogP contribution < -0.4 is 4.90 Å². The second-order valence-electron chi connectivity index (χ2n) is 6.06. The number of anilines is 1. The number of benzene rings is 1. The Bertz CT molecular complexity index is 883. The van der Waals surface area contributed by atoms with E-state index in [2.05, 4.69) is 0 Å². The highest BCUT2D eigenvalue weighted by Gasteiger charge is 2.34. The minimum Gasteiger partial charge on any atom is -0.307 e. The number of amides is 1. The molecule has 3 heterocycles. The molecule has 0 bridgehead atoms. The third kappa shape index (κ3) is 2.47. The average Bonchev–Trinajstić information content (AvgIpc) is 3.33. The van der Waals surface area contributed by atoms with Gasteiger partial charge < -0.3 is 4.90 Å². The highest BCUT2D eigenvalue weighted by atomic mass is 32.2. The predicted molar refractivity (Wildman–Crippen MR) is 94.1 cm³/mol. The topological polar surface area (TPSA) is 57.7 Å². The summed E-state index contributed by atoms with van der Waals surface area (Å²) in [7, 11) is -3.58. The Balaban J connectivity index is 1.69. The van der Waals surface area contributed by atoms with Gasteiger partial charge in [-0.25, -0.2) is 8.42 Å². The first-order valence-electron chi connectivity index (χ1n) is 8.06. The van der Waals surface area contributed by atoms with Crippen molar-refractivity contribution in [3.05, 3.63) is 46.2 Å². The van der Waals surface area contributed by atoms with E-state index in [-0.39, 0.29) is 10.8 Å². The molecule has 0 unspecified atom stereocenters. The maximum absolute atomic E-state index is 13.0. The van der Waals surface area contributed by atoms with Gasteiger partial charge in [0.15, 0.2) is 0 Å². The number of carbonyl (C=O) groups is 1. The van der Waals surface area contributed by atoms with E-state index in [1.807, 2.05) is 24.3 Å².